The number of amides is 1. The fourth-order valence-electron chi connectivity index (χ4n) is 4.68. The summed E-state index contributed by atoms with van der Waals surface area (Å²) in [7, 11) is 0. The van der Waals surface area contributed by atoms with Crippen LogP contribution in [0.1, 0.15) is 16.8 Å². The van der Waals surface area contributed by atoms with Crippen LogP contribution in [0.25, 0.3) is 16.6 Å². The first-order chi connectivity index (χ1) is 21.4. The van der Waals surface area contributed by atoms with Crippen LogP contribution < -0.4 is 35.6 Å². The number of nitrogens with two attached hydrogens (primary N) is 1. The van der Waals surface area contributed by atoms with Crippen molar-refractivity contribution in [1.82, 2.24) is 9.55 Å². The van der Waals surface area contributed by atoms with Gasteiger partial charge in [0.1, 0.15) is 30.3 Å². The molecule has 0 saturated carbocycles. The lowest BCUT2D eigenvalue weighted by atomic mass is 10.1. The van der Waals surface area contributed by atoms with Crippen molar-refractivity contribution in [2.75, 3.05) is 31.7 Å². The third-order valence-corrected chi connectivity index (χ3v) is 6.76. The lowest BCUT2D eigenvalue weighted by Crippen LogP contribution is -2.27. The molecular formula is C32H26F2N4O6. The highest BCUT2D eigenvalue weighted by Crippen LogP contribution is 2.48. The van der Waals surface area contributed by atoms with Gasteiger partial charge in [0, 0.05) is 35.9 Å². The van der Waals surface area contributed by atoms with E-state index in [9.17, 15) is 14.0 Å². The Morgan fingerprint density at radius 3 is 2.55 bits per heavy atom. The Labute approximate surface area is 249 Å². The quantitative estimate of drug-likeness (QED) is 0.221. The van der Waals surface area contributed by atoms with Crippen LogP contribution in [0.3, 0.4) is 0 Å². The van der Waals surface area contributed by atoms with Gasteiger partial charge in [-0.15, -0.1) is 0 Å². The topological polar surface area (TPSA) is 127 Å². The summed E-state index contributed by atoms with van der Waals surface area (Å²) in [4.78, 5) is 30.4. The number of nitrogens with one attached hydrogen (secondary N) is 1. The summed E-state index contributed by atoms with van der Waals surface area (Å²) >= 11 is 0. The number of aromatic nitrogens is 2. The summed E-state index contributed by atoms with van der Waals surface area (Å²) < 4.78 is 53.4. The van der Waals surface area contributed by atoms with E-state index in [1.54, 1.807) is 12.1 Å². The van der Waals surface area contributed by atoms with Gasteiger partial charge in [0.15, 0.2) is 23.1 Å². The van der Waals surface area contributed by atoms with E-state index in [0.717, 1.165) is 6.07 Å². The summed E-state index contributed by atoms with van der Waals surface area (Å²) in [6.45, 7) is 1.48. The van der Waals surface area contributed by atoms with Gasteiger partial charge >= 0.3 is 0 Å². The number of fused-ring (bicyclic) bond motifs is 3. The third-order valence-electron chi connectivity index (χ3n) is 6.76. The molecule has 6 rings (SSSR count). The standard InChI is InChI=1S/C32H26F2N4O6/c33-19-4-7-21(8-5-19)38-13-1-3-22(32(38)40)31(39)37-20-6-9-25(23(34)17-20)44-26-10-12-36-24-18-27(41-14-2-11-35)29-30(28(24)26)43-16-15-42-29/h1,3-10,12-13,17-18H,2,11,14-16,35H2,(H,37,39). The molecule has 0 unspecified atom stereocenters. The number of hydrogen-bond donors (Lipinski definition) is 2. The van der Waals surface area contributed by atoms with Crippen molar-refractivity contribution >= 4 is 22.5 Å². The number of hydrogen-bond acceptors (Lipinski definition) is 8. The molecule has 44 heavy (non-hydrogen) atoms. The van der Waals surface area contributed by atoms with Crippen molar-refractivity contribution in [3.05, 3.63) is 107 Å². The van der Waals surface area contributed by atoms with E-state index in [4.69, 9.17) is 24.7 Å². The lowest BCUT2D eigenvalue weighted by Gasteiger charge is -2.23. The van der Waals surface area contributed by atoms with Gasteiger partial charge in [0.2, 0.25) is 5.75 Å². The molecule has 0 bridgehead atoms. The molecule has 1 amide bonds. The van der Waals surface area contributed by atoms with Crippen molar-refractivity contribution < 1.29 is 32.5 Å². The van der Waals surface area contributed by atoms with E-state index in [1.165, 1.54) is 65.5 Å². The number of pyridine rings is 2. The van der Waals surface area contributed by atoms with Crippen LogP contribution in [0.2, 0.25) is 0 Å². The Kier molecular flexibility index (Phi) is 8.06. The minimum absolute atomic E-state index is 0.101. The highest BCUT2D eigenvalue weighted by atomic mass is 19.1. The molecule has 10 nitrogen and oxygen atoms in total. The minimum atomic E-state index is -0.766. The lowest BCUT2D eigenvalue weighted by molar-refractivity contribution is 0.102. The second-order valence-corrected chi connectivity index (χ2v) is 9.70. The molecule has 2 aromatic heterocycles. The zero-order valence-electron chi connectivity index (χ0n) is 23.2. The Bertz CT molecular complexity index is 1910. The molecule has 0 aliphatic carbocycles. The molecule has 0 saturated heterocycles. The number of anilines is 1. The molecule has 0 fully saturated rings. The molecule has 3 heterocycles. The Morgan fingerprint density at radius 2 is 1.77 bits per heavy atom. The van der Waals surface area contributed by atoms with Crippen molar-refractivity contribution in [1.29, 1.82) is 0 Å². The number of carbonyl (C=O) groups excluding carboxylic acids is 1. The number of rotatable bonds is 9. The monoisotopic (exact) mass is 600 g/mol. The smallest absolute Gasteiger partial charge is 0.267 e. The Hall–Kier alpha value is -5.49. The molecule has 5 aromatic rings. The van der Waals surface area contributed by atoms with E-state index in [1.807, 2.05) is 0 Å². The largest absolute Gasteiger partial charge is 0.489 e. The molecule has 0 spiro atoms. The zero-order valence-corrected chi connectivity index (χ0v) is 23.2. The number of halogens is 2. The summed E-state index contributed by atoms with van der Waals surface area (Å²) in [6.07, 6.45) is 3.63. The highest BCUT2D eigenvalue weighted by molar-refractivity contribution is 6.04. The fraction of sp³-hybridized carbons (Fsp3) is 0.156. The van der Waals surface area contributed by atoms with E-state index in [2.05, 4.69) is 10.3 Å². The van der Waals surface area contributed by atoms with Gasteiger partial charge in [-0.25, -0.2) is 8.78 Å². The molecule has 1 aliphatic heterocycles. The highest BCUT2D eigenvalue weighted by Gasteiger charge is 2.25. The van der Waals surface area contributed by atoms with Gasteiger partial charge < -0.3 is 30.0 Å². The van der Waals surface area contributed by atoms with Crippen molar-refractivity contribution in [2.45, 2.75) is 6.42 Å². The van der Waals surface area contributed by atoms with Crippen LogP contribution in [0, 0.1) is 11.6 Å². The average molecular weight is 601 g/mol. The van der Waals surface area contributed by atoms with Gasteiger partial charge in [-0.2, -0.15) is 0 Å². The molecule has 3 aromatic carbocycles. The first-order valence-corrected chi connectivity index (χ1v) is 13.7. The molecule has 1 aliphatic rings. The summed E-state index contributed by atoms with van der Waals surface area (Å²) in [5.41, 5.74) is 5.76. The molecule has 0 atom stereocenters. The van der Waals surface area contributed by atoms with Crippen LogP contribution in [-0.2, 0) is 0 Å². The van der Waals surface area contributed by atoms with Crippen molar-refractivity contribution in [3.8, 4) is 34.4 Å². The SMILES string of the molecule is NCCCOc1cc2nccc(Oc3ccc(NC(=O)c4cccn(-c5ccc(F)cc5)c4=O)cc3F)c2c2c1OCCO2. The molecular weight excluding hydrogens is 574 g/mol. The van der Waals surface area contributed by atoms with Crippen LogP contribution in [0.4, 0.5) is 14.5 Å². The van der Waals surface area contributed by atoms with Crippen LogP contribution in [0.15, 0.2) is 83.9 Å². The van der Waals surface area contributed by atoms with Gasteiger partial charge in [-0.05, 0) is 67.6 Å². The Morgan fingerprint density at radius 1 is 0.977 bits per heavy atom. The maximum atomic E-state index is 15.3. The van der Waals surface area contributed by atoms with E-state index < -0.39 is 23.1 Å². The van der Waals surface area contributed by atoms with Gasteiger partial charge in [-0.1, -0.05) is 0 Å². The molecule has 12 heteroatoms. The Balaban J connectivity index is 1.25. The van der Waals surface area contributed by atoms with E-state index in [0.29, 0.717) is 66.6 Å². The van der Waals surface area contributed by atoms with Crippen molar-refractivity contribution in [3.63, 3.8) is 0 Å². The number of ether oxygens (including phenoxy) is 4. The molecule has 0 radical (unpaired) electrons. The molecule has 224 valence electrons. The normalized spacial score (nSPS) is 12.2. The van der Waals surface area contributed by atoms with Gasteiger partial charge in [0.25, 0.3) is 11.5 Å². The van der Waals surface area contributed by atoms with E-state index >= 15 is 4.39 Å². The van der Waals surface area contributed by atoms with Crippen molar-refractivity contribution in [2.24, 2.45) is 5.73 Å². The number of carbonyl (C=O) groups is 1. The minimum Gasteiger partial charge on any atom is -0.489 e. The van der Waals surface area contributed by atoms with Crippen LogP contribution in [-0.4, -0.2) is 41.8 Å². The molecule has 3 N–H and O–H groups in total. The predicted octanol–water partition coefficient (Wildman–Crippen LogP) is 5.21. The van der Waals surface area contributed by atoms with E-state index in [-0.39, 0.29) is 22.7 Å². The maximum Gasteiger partial charge on any atom is 0.267 e. The second kappa shape index (κ2) is 12.4. The van der Waals surface area contributed by atoms with Crippen LogP contribution >= 0.6 is 0 Å². The number of benzene rings is 3. The maximum absolute atomic E-state index is 15.3. The van der Waals surface area contributed by atoms with Crippen LogP contribution in [0.5, 0.6) is 28.7 Å². The fourth-order valence-corrected chi connectivity index (χ4v) is 4.68. The summed E-state index contributed by atoms with van der Waals surface area (Å²) in [5, 5.41) is 3.02. The zero-order chi connectivity index (χ0) is 30.6. The predicted molar refractivity (Wildman–Crippen MR) is 158 cm³/mol. The summed E-state index contributed by atoms with van der Waals surface area (Å²) in [5.74, 6) is -0.588. The van der Waals surface area contributed by atoms with Gasteiger partial charge in [0.05, 0.1) is 17.5 Å². The summed E-state index contributed by atoms with van der Waals surface area (Å²) in [6, 6.07) is 15.3. The average Bonchev–Trinajstić information content (AvgIpc) is 3.03. The third kappa shape index (κ3) is 5.75. The first-order valence-electron chi connectivity index (χ1n) is 13.7. The van der Waals surface area contributed by atoms with Gasteiger partial charge in [-0.3, -0.25) is 19.1 Å². The first kappa shape index (κ1) is 28.6. The second-order valence-electron chi connectivity index (χ2n) is 9.70. The number of nitrogens with zero attached hydrogens (tertiary/aromatic N) is 2.